The molecule has 0 bridgehead atoms. The van der Waals surface area contributed by atoms with Gasteiger partial charge < -0.3 is 4.74 Å². The van der Waals surface area contributed by atoms with Gasteiger partial charge >= 0.3 is 0 Å². The number of hydrogen-bond acceptors (Lipinski definition) is 5. The van der Waals surface area contributed by atoms with E-state index in [2.05, 4.69) is 16.3 Å². The molecule has 3 aromatic carbocycles. The van der Waals surface area contributed by atoms with Crippen LogP contribution in [0.4, 0.5) is 5.95 Å². The monoisotopic (exact) mass is 463 g/mol. The maximum absolute atomic E-state index is 6.37. The molecule has 0 fully saturated rings. The molecule has 32 heavy (non-hydrogen) atoms. The number of methoxy groups -OCH3 is 1. The molecule has 1 aliphatic rings. The van der Waals surface area contributed by atoms with Gasteiger partial charge in [0.15, 0.2) is 0 Å². The molecule has 0 radical (unpaired) electrons. The zero-order chi connectivity index (χ0) is 22.2. The van der Waals surface area contributed by atoms with Crippen LogP contribution in [0.25, 0.3) is 5.69 Å². The number of nitrogens with zero attached hydrogens (tertiary/aromatic N) is 5. The first kappa shape index (κ1) is 20.5. The van der Waals surface area contributed by atoms with Crippen LogP contribution in [0.5, 0.6) is 5.75 Å². The van der Waals surface area contributed by atoms with E-state index in [-0.39, 0.29) is 0 Å². The molecule has 4 aromatic rings. The second-order valence-corrected chi connectivity index (χ2v) is 8.23. The van der Waals surface area contributed by atoms with E-state index in [1.165, 1.54) is 0 Å². The molecule has 0 aliphatic carbocycles. The Morgan fingerprint density at radius 3 is 2.47 bits per heavy atom. The van der Waals surface area contributed by atoms with Gasteiger partial charge in [0, 0.05) is 16.1 Å². The van der Waals surface area contributed by atoms with Crippen LogP contribution in [0, 0.1) is 6.92 Å². The van der Waals surface area contributed by atoms with Gasteiger partial charge in [0.2, 0.25) is 0 Å². The molecule has 0 saturated carbocycles. The molecule has 0 N–H and O–H groups in total. The fraction of sp³-hybridized carbons (Fsp3) is 0.125. The van der Waals surface area contributed by atoms with Crippen molar-refractivity contribution in [1.82, 2.24) is 14.8 Å². The first-order valence-corrected chi connectivity index (χ1v) is 10.8. The Balaban J connectivity index is 1.69. The lowest BCUT2D eigenvalue weighted by Crippen LogP contribution is -2.20. The minimum atomic E-state index is 0.451. The molecule has 0 saturated heterocycles. The number of rotatable bonds is 4. The Morgan fingerprint density at radius 2 is 1.72 bits per heavy atom. The summed E-state index contributed by atoms with van der Waals surface area (Å²) in [7, 11) is 1.60. The van der Waals surface area contributed by atoms with Gasteiger partial charge in [0.25, 0.3) is 5.95 Å². The summed E-state index contributed by atoms with van der Waals surface area (Å²) < 4.78 is 7.31. The van der Waals surface area contributed by atoms with Gasteiger partial charge in [0.05, 0.1) is 24.4 Å². The van der Waals surface area contributed by atoms with Gasteiger partial charge in [-0.1, -0.05) is 59.6 Å². The Bertz CT molecular complexity index is 1330. The molecule has 0 atom stereocenters. The third-order valence-corrected chi connectivity index (χ3v) is 5.87. The van der Waals surface area contributed by atoms with E-state index in [1.807, 2.05) is 77.2 Å². The maximum Gasteiger partial charge on any atom is 0.252 e. The molecule has 0 unspecified atom stereocenters. The molecular formula is C24H19Cl2N5O. The lowest BCUT2D eigenvalue weighted by Gasteiger charge is -2.18. The standard InChI is InChI=1S/C24H19Cl2N5O/c1-15-27-28-24-30(14-16-7-12-22(32-2)20(26)13-16)29-23(17-8-10-18(25)11-9-17)19-5-3-4-6-21(19)31(15)24/h3-13H,14H2,1-2H3. The fourth-order valence-corrected chi connectivity index (χ4v) is 4.20. The number of hydrogen-bond donors (Lipinski definition) is 0. The van der Waals surface area contributed by atoms with Gasteiger partial charge in [-0.25, -0.2) is 5.01 Å². The zero-order valence-electron chi connectivity index (χ0n) is 17.5. The highest BCUT2D eigenvalue weighted by Gasteiger charge is 2.26. The number of aromatic nitrogens is 3. The highest BCUT2D eigenvalue weighted by molar-refractivity contribution is 6.32. The summed E-state index contributed by atoms with van der Waals surface area (Å²) in [4.78, 5) is 0. The molecule has 5 rings (SSSR count). The average Bonchev–Trinajstić information content (AvgIpc) is 3.12. The van der Waals surface area contributed by atoms with E-state index >= 15 is 0 Å². The minimum Gasteiger partial charge on any atom is -0.495 e. The predicted octanol–water partition coefficient (Wildman–Crippen LogP) is 5.66. The number of para-hydroxylation sites is 1. The Kier molecular flexibility index (Phi) is 5.33. The fourth-order valence-electron chi connectivity index (χ4n) is 3.80. The molecule has 2 heterocycles. The van der Waals surface area contributed by atoms with Gasteiger partial charge in [-0.2, -0.15) is 5.10 Å². The van der Waals surface area contributed by atoms with E-state index in [0.717, 1.165) is 33.9 Å². The van der Waals surface area contributed by atoms with Crippen LogP contribution in [0.15, 0.2) is 71.8 Å². The molecule has 0 amide bonds. The molecule has 160 valence electrons. The minimum absolute atomic E-state index is 0.451. The van der Waals surface area contributed by atoms with Gasteiger partial charge in [-0.3, -0.25) is 4.57 Å². The second-order valence-electron chi connectivity index (χ2n) is 7.38. The van der Waals surface area contributed by atoms with Crippen LogP contribution in [-0.4, -0.2) is 27.6 Å². The van der Waals surface area contributed by atoms with Crippen molar-refractivity contribution in [2.75, 3.05) is 12.1 Å². The lowest BCUT2D eigenvalue weighted by atomic mass is 10.0. The average molecular weight is 464 g/mol. The summed E-state index contributed by atoms with van der Waals surface area (Å²) in [6.45, 7) is 2.38. The number of benzene rings is 3. The topological polar surface area (TPSA) is 55.5 Å². The van der Waals surface area contributed by atoms with Gasteiger partial charge in [-0.05, 0) is 42.8 Å². The zero-order valence-corrected chi connectivity index (χ0v) is 19.0. The number of ether oxygens (including phenoxy) is 1. The first-order chi connectivity index (χ1) is 15.5. The quantitative estimate of drug-likeness (QED) is 0.391. The highest BCUT2D eigenvalue weighted by atomic mass is 35.5. The lowest BCUT2D eigenvalue weighted by molar-refractivity contribution is 0.415. The molecule has 1 aliphatic heterocycles. The molecule has 1 aromatic heterocycles. The Morgan fingerprint density at radius 1 is 0.938 bits per heavy atom. The smallest absolute Gasteiger partial charge is 0.252 e. The van der Waals surface area contributed by atoms with E-state index in [0.29, 0.717) is 28.3 Å². The van der Waals surface area contributed by atoms with E-state index in [9.17, 15) is 0 Å². The third kappa shape index (κ3) is 3.61. The van der Waals surface area contributed by atoms with Crippen LogP contribution < -0.4 is 9.75 Å². The molecule has 8 heteroatoms. The van der Waals surface area contributed by atoms with E-state index in [1.54, 1.807) is 7.11 Å². The number of halogens is 2. The molecule has 0 spiro atoms. The number of hydrazone groups is 1. The largest absolute Gasteiger partial charge is 0.495 e. The Labute approximate surface area is 195 Å². The second kappa shape index (κ2) is 8.30. The number of anilines is 1. The van der Waals surface area contributed by atoms with Crippen LogP contribution in [0.1, 0.15) is 22.5 Å². The molecular weight excluding hydrogens is 445 g/mol. The number of fused-ring (bicyclic) bond motifs is 3. The van der Waals surface area contributed by atoms with Crippen molar-refractivity contribution >= 4 is 34.9 Å². The summed E-state index contributed by atoms with van der Waals surface area (Å²) in [5.74, 6) is 2.03. The maximum atomic E-state index is 6.37. The normalized spacial score (nSPS) is 12.6. The van der Waals surface area contributed by atoms with Crippen molar-refractivity contribution in [2.24, 2.45) is 5.10 Å². The van der Waals surface area contributed by atoms with Crippen LogP contribution in [-0.2, 0) is 6.54 Å². The summed E-state index contributed by atoms with van der Waals surface area (Å²) in [6, 6.07) is 21.5. The summed E-state index contributed by atoms with van der Waals surface area (Å²) in [6.07, 6.45) is 0. The van der Waals surface area contributed by atoms with Crippen molar-refractivity contribution < 1.29 is 4.74 Å². The SMILES string of the molecule is COc1ccc(CN2N=C(c3ccc(Cl)cc3)c3ccccc3-n3c(C)nnc32)cc1Cl. The third-order valence-electron chi connectivity index (χ3n) is 5.33. The number of aryl methyl sites for hydroxylation is 1. The summed E-state index contributed by atoms with van der Waals surface area (Å²) >= 11 is 12.5. The van der Waals surface area contributed by atoms with Crippen LogP contribution in [0.3, 0.4) is 0 Å². The van der Waals surface area contributed by atoms with Crippen molar-refractivity contribution in [1.29, 1.82) is 0 Å². The van der Waals surface area contributed by atoms with Crippen LogP contribution >= 0.6 is 23.2 Å². The summed E-state index contributed by atoms with van der Waals surface area (Å²) in [5, 5.41) is 16.9. The van der Waals surface area contributed by atoms with Gasteiger partial charge in [0.1, 0.15) is 17.3 Å². The van der Waals surface area contributed by atoms with Crippen molar-refractivity contribution in [3.8, 4) is 11.4 Å². The van der Waals surface area contributed by atoms with E-state index in [4.69, 9.17) is 33.0 Å². The van der Waals surface area contributed by atoms with Crippen molar-refractivity contribution in [3.05, 3.63) is 99.3 Å². The predicted molar refractivity (Wildman–Crippen MR) is 127 cm³/mol. The Hall–Kier alpha value is -3.35. The van der Waals surface area contributed by atoms with Gasteiger partial charge in [-0.15, -0.1) is 10.2 Å². The van der Waals surface area contributed by atoms with Crippen LogP contribution in [0.2, 0.25) is 10.0 Å². The summed E-state index contributed by atoms with van der Waals surface area (Å²) in [5.41, 5.74) is 4.69. The van der Waals surface area contributed by atoms with E-state index < -0.39 is 0 Å². The highest BCUT2D eigenvalue weighted by Crippen LogP contribution is 2.32. The molecule has 6 nitrogen and oxygen atoms in total. The van der Waals surface area contributed by atoms with Crippen molar-refractivity contribution in [3.63, 3.8) is 0 Å². The van der Waals surface area contributed by atoms with Crippen molar-refractivity contribution in [2.45, 2.75) is 13.5 Å². The first-order valence-electron chi connectivity index (χ1n) is 10.0.